The molecule has 8 heteroatoms. The van der Waals surface area contributed by atoms with Gasteiger partial charge in [0.25, 0.3) is 0 Å². The fraction of sp³-hybridized carbons (Fsp3) is 0. The van der Waals surface area contributed by atoms with Crippen molar-refractivity contribution in [3.05, 3.63) is 289 Å². The molecule has 0 aliphatic rings. The lowest BCUT2D eigenvalue weighted by Gasteiger charge is -2.13. The lowest BCUT2D eigenvalue weighted by Crippen LogP contribution is -1.96. The van der Waals surface area contributed by atoms with Crippen LogP contribution in [0.3, 0.4) is 0 Å². The van der Waals surface area contributed by atoms with Crippen LogP contribution < -0.4 is 0 Å². The minimum Gasteiger partial charge on any atom is -0.309 e. The van der Waals surface area contributed by atoms with E-state index >= 15 is 0 Å². The van der Waals surface area contributed by atoms with Crippen LogP contribution in [0.5, 0.6) is 0 Å². The summed E-state index contributed by atoms with van der Waals surface area (Å²) in [7, 11) is 0. The third-order valence-corrected chi connectivity index (χ3v) is 15.8. The second-order valence-electron chi connectivity index (χ2n) is 20.2. The quantitative estimate of drug-likeness (QED) is 0.142. The van der Waals surface area contributed by atoms with E-state index in [2.05, 4.69) is 210 Å². The van der Waals surface area contributed by atoms with Gasteiger partial charge in [-0.1, -0.05) is 170 Å². The molecule has 0 aliphatic heterocycles. The van der Waals surface area contributed by atoms with Crippen LogP contribution in [0, 0.1) is 19.7 Å². The normalized spacial score (nSPS) is 11.4. The average Bonchev–Trinajstić information content (AvgIpc) is 4.16. The summed E-state index contributed by atoms with van der Waals surface area (Å²) in [6.07, 6.45) is 0. The second-order valence-corrected chi connectivity index (χ2v) is 20.2. The van der Waals surface area contributed by atoms with Crippen molar-refractivity contribution in [3.63, 3.8) is 0 Å². The average molecular weight is 1030 g/mol. The predicted molar refractivity (Wildman–Crippen MR) is 331 cm³/mol. The highest BCUT2D eigenvalue weighted by atomic mass is 15.0. The molecule has 0 saturated heterocycles. The first-order valence-electron chi connectivity index (χ1n) is 26.6. The van der Waals surface area contributed by atoms with Crippen molar-refractivity contribution in [2.24, 2.45) is 0 Å². The molecule has 15 aromatic rings. The summed E-state index contributed by atoms with van der Waals surface area (Å²) in [5.41, 5.74) is 18.5. The predicted octanol–water partition coefficient (Wildman–Crippen LogP) is 19.8. The van der Waals surface area contributed by atoms with Crippen LogP contribution in [0.25, 0.3) is 153 Å². The number of fused-ring (bicyclic) bond motifs is 9. The maximum absolute atomic E-state index is 8.33. The number of hydrogen-bond donors (Lipinski definition) is 0. The summed E-state index contributed by atoms with van der Waals surface area (Å²) < 4.78 is 7.18. The number of nitrogens with zero attached hydrogens (tertiary/aromatic N) is 8. The topological polar surface area (TPSA) is 53.6 Å². The molecular formula is C73H42N8. The zero-order valence-electron chi connectivity index (χ0n) is 43.3. The van der Waals surface area contributed by atoms with Gasteiger partial charge < -0.3 is 13.7 Å². The van der Waals surface area contributed by atoms with Crippen LogP contribution in [0.2, 0.25) is 0 Å². The number of aromatic nitrogens is 5. The van der Waals surface area contributed by atoms with Gasteiger partial charge in [0.15, 0.2) is 17.1 Å². The van der Waals surface area contributed by atoms with Crippen LogP contribution in [0.4, 0.5) is 17.1 Å². The van der Waals surface area contributed by atoms with E-state index in [0.717, 1.165) is 66.7 Å². The van der Waals surface area contributed by atoms with Crippen molar-refractivity contribution in [2.75, 3.05) is 0 Å². The zero-order chi connectivity index (χ0) is 54.1. The van der Waals surface area contributed by atoms with Gasteiger partial charge in [-0.25, -0.2) is 24.5 Å². The highest BCUT2D eigenvalue weighted by Crippen LogP contribution is 2.42. The van der Waals surface area contributed by atoms with Gasteiger partial charge in [0.1, 0.15) is 5.82 Å². The molecule has 0 amide bonds. The van der Waals surface area contributed by atoms with Crippen LogP contribution in [0.1, 0.15) is 0 Å². The minimum atomic E-state index is 0.371. The van der Waals surface area contributed by atoms with E-state index in [1.165, 1.54) is 43.6 Å². The lowest BCUT2D eigenvalue weighted by atomic mass is 9.97. The molecule has 374 valence electrons. The second kappa shape index (κ2) is 18.8. The Bertz CT molecular complexity index is 4860. The molecule has 4 heterocycles. The first kappa shape index (κ1) is 46.7. The zero-order valence-corrected chi connectivity index (χ0v) is 43.3. The van der Waals surface area contributed by atoms with Gasteiger partial charge >= 0.3 is 0 Å². The van der Waals surface area contributed by atoms with Gasteiger partial charge in [-0.05, 0) is 113 Å². The van der Waals surface area contributed by atoms with E-state index in [1.54, 1.807) is 12.1 Å². The summed E-state index contributed by atoms with van der Waals surface area (Å²) in [5, 5.41) is 7.24. The molecule has 0 unspecified atom stereocenters. The third-order valence-electron chi connectivity index (χ3n) is 15.8. The Morgan fingerprint density at radius 2 is 0.642 bits per heavy atom. The Balaban J connectivity index is 0.799. The fourth-order valence-electron chi connectivity index (χ4n) is 12.0. The van der Waals surface area contributed by atoms with Crippen molar-refractivity contribution < 1.29 is 0 Å². The molecule has 0 aliphatic carbocycles. The van der Waals surface area contributed by atoms with Gasteiger partial charge in [0.05, 0.1) is 64.2 Å². The maximum atomic E-state index is 8.33. The van der Waals surface area contributed by atoms with E-state index in [0.29, 0.717) is 45.4 Å². The van der Waals surface area contributed by atoms with Crippen molar-refractivity contribution in [2.45, 2.75) is 0 Å². The van der Waals surface area contributed by atoms with Crippen molar-refractivity contribution in [1.29, 1.82) is 0 Å². The van der Waals surface area contributed by atoms with Gasteiger partial charge in [0.2, 0.25) is 0 Å². The van der Waals surface area contributed by atoms with Gasteiger partial charge in [-0.3, -0.25) is 0 Å². The van der Waals surface area contributed by atoms with E-state index in [9.17, 15) is 0 Å². The molecule has 0 spiro atoms. The molecule has 11 aromatic carbocycles. The Kier molecular flexibility index (Phi) is 10.8. The molecule has 0 bridgehead atoms. The van der Waals surface area contributed by atoms with Crippen LogP contribution >= 0.6 is 0 Å². The Morgan fingerprint density at radius 3 is 1.16 bits per heavy atom. The monoisotopic (exact) mass is 1030 g/mol. The van der Waals surface area contributed by atoms with Crippen LogP contribution in [-0.2, 0) is 0 Å². The van der Waals surface area contributed by atoms with E-state index in [1.807, 2.05) is 60.7 Å². The molecule has 0 fully saturated rings. The number of benzene rings is 11. The SMILES string of the molecule is [C-]#[N+]c1cc(-c2cc(-c3ccccc3[N+]#[C-])nc(-c3ccccc3[N+]#[C-])n2)ccc1-c1ccc(-c2ccc(-n3c4ccc(-n5c6ccccc6c6ccccc65)cc4c4cc(-n5c6ccccc6c6ccccc65)ccc43)cc2)cc1. The van der Waals surface area contributed by atoms with E-state index in [-0.39, 0.29) is 0 Å². The summed E-state index contributed by atoms with van der Waals surface area (Å²) in [4.78, 5) is 21.4. The molecule has 4 aromatic heterocycles. The first-order valence-corrected chi connectivity index (χ1v) is 26.6. The van der Waals surface area contributed by atoms with Crippen LogP contribution in [0.15, 0.2) is 255 Å². The molecular weight excluding hydrogens is 989 g/mol. The highest BCUT2D eigenvalue weighted by molar-refractivity contribution is 6.14. The van der Waals surface area contributed by atoms with E-state index in [4.69, 9.17) is 29.7 Å². The van der Waals surface area contributed by atoms with Crippen LogP contribution in [-0.4, -0.2) is 23.7 Å². The molecule has 81 heavy (non-hydrogen) atoms. The third kappa shape index (κ3) is 7.58. The number of para-hydroxylation sites is 6. The number of hydrogen-bond acceptors (Lipinski definition) is 2. The molecule has 0 atom stereocenters. The van der Waals surface area contributed by atoms with E-state index < -0.39 is 0 Å². The molecule has 0 N–H and O–H groups in total. The summed E-state index contributed by atoms with van der Waals surface area (Å²) in [6.45, 7) is 24.0. The van der Waals surface area contributed by atoms with Crippen molar-refractivity contribution >= 4 is 82.5 Å². The summed E-state index contributed by atoms with van der Waals surface area (Å²) in [6, 6.07) is 88.0. The lowest BCUT2D eigenvalue weighted by molar-refractivity contribution is 1.16. The minimum absolute atomic E-state index is 0.371. The van der Waals surface area contributed by atoms with Gasteiger partial charge in [-0.2, -0.15) is 0 Å². The first-order chi connectivity index (χ1) is 40.0. The standard InChI is InChI=1S/C73H42N8/c1-74-62-22-10-4-20-58(62)66-45-64(77-73(78-66)59-21-5-11-23-63(59)75-2)49-34-39-53(65(42-49)76-3)48-30-28-46(29-31-48)47-32-35-50(36-33-47)79-71-40-37-51(80-67-24-12-6-16-54(67)55-17-7-13-25-68(55)80)43-60(71)61-44-52(38-41-72(61)79)81-69-26-14-8-18-56(69)57-19-9-15-27-70(57)81/h4-45H. The van der Waals surface area contributed by atoms with Crippen molar-refractivity contribution in [3.8, 4) is 73.2 Å². The molecule has 15 rings (SSSR count). The maximum Gasteiger partial charge on any atom is 0.198 e. The Hall–Kier alpha value is -11.6. The smallest absolute Gasteiger partial charge is 0.198 e. The van der Waals surface area contributed by atoms with Crippen molar-refractivity contribution in [1.82, 2.24) is 23.7 Å². The molecule has 0 saturated carbocycles. The largest absolute Gasteiger partial charge is 0.309 e. The van der Waals surface area contributed by atoms with Gasteiger partial charge in [0, 0.05) is 60.5 Å². The number of rotatable bonds is 8. The highest BCUT2D eigenvalue weighted by Gasteiger charge is 2.21. The molecule has 0 radical (unpaired) electrons. The molecule has 8 nitrogen and oxygen atoms in total. The Morgan fingerprint density at radius 1 is 0.259 bits per heavy atom. The fourth-order valence-corrected chi connectivity index (χ4v) is 12.0. The Labute approximate surface area is 466 Å². The summed E-state index contributed by atoms with van der Waals surface area (Å²) in [5.74, 6) is 0.371. The summed E-state index contributed by atoms with van der Waals surface area (Å²) >= 11 is 0. The van der Waals surface area contributed by atoms with Gasteiger partial charge in [-0.15, -0.1) is 0 Å².